The van der Waals surface area contributed by atoms with Gasteiger partial charge in [-0.25, -0.2) is 13.2 Å². The van der Waals surface area contributed by atoms with E-state index in [2.05, 4.69) is 4.98 Å². The zero-order chi connectivity index (χ0) is 13.4. The van der Waals surface area contributed by atoms with Gasteiger partial charge in [-0.1, -0.05) is 0 Å². The molecule has 4 nitrogen and oxygen atoms in total. The van der Waals surface area contributed by atoms with Crippen molar-refractivity contribution >= 4 is 5.82 Å². The summed E-state index contributed by atoms with van der Waals surface area (Å²) < 4.78 is 73.8. The molecule has 0 saturated heterocycles. The van der Waals surface area contributed by atoms with Crippen LogP contribution in [0.5, 0.6) is 0 Å². The van der Waals surface area contributed by atoms with Crippen molar-refractivity contribution in [3.05, 3.63) is 33.3 Å². The van der Waals surface area contributed by atoms with Crippen LogP contribution >= 0.6 is 0 Å². The number of rotatable bonds is 2. The third kappa shape index (κ3) is 2.63. The van der Waals surface area contributed by atoms with Gasteiger partial charge in [0.15, 0.2) is 5.82 Å². The Kier molecular flexibility index (Phi) is 3.25. The first-order chi connectivity index (χ1) is 7.64. The number of hydrogen-bond donors (Lipinski definition) is 0. The van der Waals surface area contributed by atoms with Crippen molar-refractivity contribution in [2.45, 2.75) is 12.6 Å². The fourth-order valence-corrected chi connectivity index (χ4v) is 0.975. The zero-order valence-electron chi connectivity index (χ0n) is 7.63. The van der Waals surface area contributed by atoms with E-state index in [0.29, 0.717) is 0 Å². The second kappa shape index (κ2) is 4.18. The molecule has 0 atom stereocenters. The van der Waals surface area contributed by atoms with Crippen molar-refractivity contribution in [2.24, 2.45) is 0 Å². The van der Waals surface area contributed by atoms with Crippen LogP contribution in [0.2, 0.25) is 0 Å². The van der Waals surface area contributed by atoms with Crippen LogP contribution in [-0.2, 0) is 6.18 Å². The first-order valence-corrected chi connectivity index (χ1v) is 3.84. The predicted octanol–water partition coefficient (Wildman–Crippen LogP) is 3.09. The van der Waals surface area contributed by atoms with Gasteiger partial charge in [-0.05, 0) is 9.91 Å². The predicted molar refractivity (Wildman–Crippen MR) is 40.8 cm³/mol. The second-order valence-corrected chi connectivity index (χ2v) is 2.79. The summed E-state index contributed by atoms with van der Waals surface area (Å²) in [6.45, 7) is 0. The molecule has 0 amide bonds. The molecule has 0 N–H and O–H groups in total. The van der Waals surface area contributed by atoms with E-state index in [1.54, 1.807) is 0 Å². The maximum Gasteiger partial charge on any atom is 0.461 e. The molecule has 0 aliphatic rings. The van der Waals surface area contributed by atoms with Crippen LogP contribution in [0.15, 0.2) is 6.07 Å². The molecular formula is C7H2F6N2O2. The molecule has 10 heteroatoms. The van der Waals surface area contributed by atoms with Crippen LogP contribution in [0.3, 0.4) is 0 Å². The molecule has 1 aromatic heterocycles. The van der Waals surface area contributed by atoms with E-state index in [0.717, 1.165) is 0 Å². The molecule has 0 spiro atoms. The largest absolute Gasteiger partial charge is 0.461 e. The van der Waals surface area contributed by atoms with E-state index in [1.165, 1.54) is 0 Å². The highest BCUT2D eigenvalue weighted by Gasteiger charge is 2.44. The zero-order valence-corrected chi connectivity index (χ0v) is 7.63. The molecule has 1 aromatic rings. The Hall–Kier alpha value is -1.87. The van der Waals surface area contributed by atoms with Crippen molar-refractivity contribution in [1.29, 1.82) is 0 Å². The highest BCUT2D eigenvalue weighted by Crippen LogP contribution is 2.35. The Morgan fingerprint density at radius 2 is 1.88 bits per heavy atom. The summed E-state index contributed by atoms with van der Waals surface area (Å²) in [4.78, 5) is 11.1. The SMILES string of the molecule is O=[N+]([O-])c1cc(C(F)F)c(F)c(C(F)(F)F)n1. The lowest BCUT2D eigenvalue weighted by molar-refractivity contribution is -0.390. The third-order valence-electron chi connectivity index (χ3n) is 1.66. The van der Waals surface area contributed by atoms with Gasteiger partial charge in [0.2, 0.25) is 0 Å². The molecule has 0 fully saturated rings. The number of hydrogen-bond acceptors (Lipinski definition) is 3. The van der Waals surface area contributed by atoms with Gasteiger partial charge in [0.1, 0.15) is 0 Å². The lowest BCUT2D eigenvalue weighted by Gasteiger charge is -2.06. The Morgan fingerprint density at radius 1 is 1.35 bits per heavy atom. The van der Waals surface area contributed by atoms with Crippen LogP contribution in [0.1, 0.15) is 17.7 Å². The van der Waals surface area contributed by atoms with Gasteiger partial charge in [0.05, 0.1) is 5.56 Å². The van der Waals surface area contributed by atoms with Crippen LogP contribution < -0.4 is 0 Å². The normalized spacial score (nSPS) is 11.9. The number of nitro groups is 1. The van der Waals surface area contributed by atoms with Gasteiger partial charge in [-0.15, -0.1) is 0 Å². The summed E-state index contributed by atoms with van der Waals surface area (Å²) in [5, 5.41) is 10.2. The van der Waals surface area contributed by atoms with Gasteiger partial charge in [0.25, 0.3) is 12.1 Å². The van der Waals surface area contributed by atoms with Gasteiger partial charge < -0.3 is 10.1 Å². The summed E-state index contributed by atoms with van der Waals surface area (Å²) in [5.41, 5.74) is -4.04. The average molecular weight is 260 g/mol. The minimum Gasteiger partial charge on any atom is -0.358 e. The fourth-order valence-electron chi connectivity index (χ4n) is 0.975. The second-order valence-electron chi connectivity index (χ2n) is 2.79. The van der Waals surface area contributed by atoms with E-state index in [-0.39, 0.29) is 6.07 Å². The van der Waals surface area contributed by atoms with E-state index in [4.69, 9.17) is 0 Å². The number of pyridine rings is 1. The Morgan fingerprint density at radius 3 is 2.24 bits per heavy atom. The Bertz CT molecular complexity index is 458. The van der Waals surface area contributed by atoms with Crippen LogP contribution in [-0.4, -0.2) is 9.91 Å². The van der Waals surface area contributed by atoms with Crippen LogP contribution in [0.25, 0.3) is 0 Å². The standard InChI is InChI=1S/C7H2F6N2O2/c8-4-2(6(9)10)1-3(15(16)17)14-5(4)7(11,12)13/h1,6H. The maximum atomic E-state index is 13.0. The minimum absolute atomic E-state index is 0.0325. The van der Waals surface area contributed by atoms with Crippen molar-refractivity contribution in [2.75, 3.05) is 0 Å². The smallest absolute Gasteiger partial charge is 0.358 e. The van der Waals surface area contributed by atoms with Crippen molar-refractivity contribution in [3.8, 4) is 0 Å². The first kappa shape index (κ1) is 13.2. The van der Waals surface area contributed by atoms with Gasteiger partial charge >= 0.3 is 12.0 Å². The highest BCUT2D eigenvalue weighted by atomic mass is 19.4. The lowest BCUT2D eigenvalue weighted by atomic mass is 10.2. The van der Waals surface area contributed by atoms with Crippen molar-refractivity contribution < 1.29 is 31.3 Å². The van der Waals surface area contributed by atoms with Crippen LogP contribution in [0.4, 0.5) is 32.2 Å². The van der Waals surface area contributed by atoms with E-state index < -0.39 is 40.4 Å². The molecule has 94 valence electrons. The number of aromatic nitrogens is 1. The summed E-state index contributed by atoms with van der Waals surface area (Å²) in [7, 11) is 0. The quantitative estimate of drug-likeness (QED) is 0.466. The Labute approximate surface area is 89.0 Å². The Balaban J connectivity index is 3.55. The van der Waals surface area contributed by atoms with Gasteiger partial charge in [0, 0.05) is 6.07 Å². The molecule has 17 heavy (non-hydrogen) atoms. The molecule has 0 aliphatic carbocycles. The molecule has 0 aromatic carbocycles. The van der Waals surface area contributed by atoms with Crippen molar-refractivity contribution in [3.63, 3.8) is 0 Å². The number of nitrogens with zero attached hydrogens (tertiary/aromatic N) is 2. The molecule has 0 bridgehead atoms. The molecule has 0 saturated carbocycles. The highest BCUT2D eigenvalue weighted by molar-refractivity contribution is 5.33. The molecule has 1 heterocycles. The fraction of sp³-hybridized carbons (Fsp3) is 0.286. The molecule has 1 rings (SSSR count). The monoisotopic (exact) mass is 260 g/mol. The summed E-state index contributed by atoms with van der Waals surface area (Å²) in [6, 6.07) is -0.0325. The molecule has 0 unspecified atom stereocenters. The minimum atomic E-state index is -5.39. The van der Waals surface area contributed by atoms with Crippen molar-refractivity contribution in [1.82, 2.24) is 4.98 Å². The number of halogens is 6. The molecule has 0 radical (unpaired) electrons. The van der Waals surface area contributed by atoms with Gasteiger partial charge in [-0.2, -0.15) is 13.2 Å². The van der Waals surface area contributed by atoms with Gasteiger partial charge in [-0.3, -0.25) is 0 Å². The topological polar surface area (TPSA) is 56.0 Å². The van der Waals surface area contributed by atoms with E-state index in [1.807, 2.05) is 0 Å². The summed E-state index contributed by atoms with van der Waals surface area (Å²) >= 11 is 0. The molecular weight excluding hydrogens is 258 g/mol. The first-order valence-electron chi connectivity index (χ1n) is 3.84. The van der Waals surface area contributed by atoms with E-state index >= 15 is 0 Å². The average Bonchev–Trinajstić information content (AvgIpc) is 2.15. The van der Waals surface area contributed by atoms with E-state index in [9.17, 15) is 36.5 Å². The molecule has 0 aliphatic heterocycles. The third-order valence-corrected chi connectivity index (χ3v) is 1.66. The van der Waals surface area contributed by atoms with Crippen LogP contribution in [0, 0.1) is 15.9 Å². The summed E-state index contributed by atoms with van der Waals surface area (Å²) in [5.74, 6) is -3.80. The summed E-state index contributed by atoms with van der Waals surface area (Å²) in [6.07, 6.45) is -9.00. The lowest BCUT2D eigenvalue weighted by Crippen LogP contribution is -2.14. The number of alkyl halides is 5. The maximum absolute atomic E-state index is 13.0.